The van der Waals surface area contributed by atoms with Gasteiger partial charge in [-0.1, -0.05) is 0 Å². The minimum Gasteiger partial charge on any atom is -0.507 e. The van der Waals surface area contributed by atoms with Crippen LogP contribution in [0.3, 0.4) is 0 Å². The number of ether oxygens (including phenoxy) is 1. The van der Waals surface area contributed by atoms with Crippen molar-refractivity contribution < 1.29 is 9.84 Å². The molecule has 1 aromatic rings. The van der Waals surface area contributed by atoms with Gasteiger partial charge in [-0.15, -0.1) is 0 Å². The monoisotopic (exact) mass is 280 g/mol. The molecule has 0 fully saturated rings. The molecule has 60 valence electrons. The average molecular weight is 282 g/mol. The first-order valence-corrected chi connectivity index (χ1v) is 4.45. The number of hydrogen-bond donors (Lipinski definition) is 1. The Labute approximate surface area is 81.4 Å². The smallest absolute Gasteiger partial charge is 0.134 e. The summed E-state index contributed by atoms with van der Waals surface area (Å²) in [6, 6.07) is 3.30. The van der Waals surface area contributed by atoms with Crippen molar-refractivity contribution in [3.05, 3.63) is 21.1 Å². The van der Waals surface area contributed by atoms with Crippen molar-refractivity contribution in [2.45, 2.75) is 0 Å². The van der Waals surface area contributed by atoms with Gasteiger partial charge in [0.1, 0.15) is 11.5 Å². The van der Waals surface area contributed by atoms with Gasteiger partial charge < -0.3 is 9.84 Å². The highest BCUT2D eigenvalue weighted by atomic mass is 79.9. The minimum absolute atomic E-state index is 0.163. The summed E-state index contributed by atoms with van der Waals surface area (Å²) in [6.45, 7) is 0. The number of methoxy groups -OCH3 is 1. The van der Waals surface area contributed by atoms with Crippen LogP contribution in [0.5, 0.6) is 11.5 Å². The average Bonchev–Trinajstić information content (AvgIpc) is 1.99. The van der Waals surface area contributed by atoms with E-state index in [1.165, 1.54) is 6.07 Å². The zero-order valence-corrected chi connectivity index (χ0v) is 8.94. The predicted molar refractivity (Wildman–Crippen MR) is 50.1 cm³/mol. The third-order valence-corrected chi connectivity index (χ3v) is 3.21. The number of phenols is 1. The number of phenolic OH excluding ortho intramolecular Hbond substituents is 1. The van der Waals surface area contributed by atoms with Crippen LogP contribution in [-0.2, 0) is 0 Å². The number of benzene rings is 1. The predicted octanol–water partition coefficient (Wildman–Crippen LogP) is 2.93. The van der Waals surface area contributed by atoms with E-state index in [1.54, 1.807) is 13.2 Å². The molecule has 0 saturated carbocycles. The second kappa shape index (κ2) is 3.45. The summed E-state index contributed by atoms with van der Waals surface area (Å²) in [5, 5.41) is 9.26. The molecule has 1 aromatic carbocycles. The van der Waals surface area contributed by atoms with Crippen LogP contribution in [0.1, 0.15) is 0 Å². The van der Waals surface area contributed by atoms with E-state index < -0.39 is 0 Å². The summed E-state index contributed by atoms with van der Waals surface area (Å²) in [6.07, 6.45) is 0. The first-order chi connectivity index (χ1) is 5.15. The SMILES string of the molecule is COc1cc(O)c(Br)c(Br)c1. The fourth-order valence-electron chi connectivity index (χ4n) is 0.668. The molecule has 0 unspecified atom stereocenters. The third-order valence-electron chi connectivity index (χ3n) is 1.22. The van der Waals surface area contributed by atoms with Crippen LogP contribution in [0, 0.1) is 0 Å². The van der Waals surface area contributed by atoms with Gasteiger partial charge in [-0.2, -0.15) is 0 Å². The molecule has 11 heavy (non-hydrogen) atoms. The van der Waals surface area contributed by atoms with E-state index in [9.17, 15) is 5.11 Å². The summed E-state index contributed by atoms with van der Waals surface area (Å²) < 4.78 is 6.33. The van der Waals surface area contributed by atoms with E-state index in [-0.39, 0.29) is 5.75 Å². The first-order valence-electron chi connectivity index (χ1n) is 2.87. The Morgan fingerprint density at radius 3 is 2.45 bits per heavy atom. The highest BCUT2D eigenvalue weighted by Gasteiger charge is 2.04. The van der Waals surface area contributed by atoms with Crippen LogP contribution < -0.4 is 4.74 Å². The Bertz CT molecular complexity index is 250. The van der Waals surface area contributed by atoms with Crippen molar-refractivity contribution in [2.75, 3.05) is 7.11 Å². The summed E-state index contributed by atoms with van der Waals surface area (Å²) in [5.74, 6) is 0.786. The largest absolute Gasteiger partial charge is 0.507 e. The number of rotatable bonds is 1. The van der Waals surface area contributed by atoms with Crippen molar-refractivity contribution in [3.8, 4) is 11.5 Å². The zero-order chi connectivity index (χ0) is 8.43. The lowest BCUT2D eigenvalue weighted by atomic mass is 10.3. The maximum absolute atomic E-state index is 9.26. The maximum atomic E-state index is 9.26. The highest BCUT2D eigenvalue weighted by molar-refractivity contribution is 9.13. The Hall–Kier alpha value is -0.220. The number of aromatic hydroxyl groups is 1. The molecule has 0 amide bonds. The van der Waals surface area contributed by atoms with E-state index in [0.29, 0.717) is 10.2 Å². The van der Waals surface area contributed by atoms with Gasteiger partial charge in [-0.25, -0.2) is 0 Å². The topological polar surface area (TPSA) is 29.5 Å². The molecule has 0 atom stereocenters. The molecule has 0 saturated heterocycles. The molecule has 4 heteroatoms. The van der Waals surface area contributed by atoms with E-state index in [2.05, 4.69) is 31.9 Å². The van der Waals surface area contributed by atoms with Crippen molar-refractivity contribution in [1.29, 1.82) is 0 Å². The molecule has 0 aliphatic carbocycles. The summed E-state index contributed by atoms with van der Waals surface area (Å²) in [4.78, 5) is 0. The van der Waals surface area contributed by atoms with E-state index >= 15 is 0 Å². The van der Waals surface area contributed by atoms with Gasteiger partial charge >= 0.3 is 0 Å². The minimum atomic E-state index is 0.163. The number of halogens is 2. The van der Waals surface area contributed by atoms with Gasteiger partial charge in [0.05, 0.1) is 11.6 Å². The molecule has 0 aromatic heterocycles. The Morgan fingerprint density at radius 1 is 1.36 bits per heavy atom. The molecule has 0 bridgehead atoms. The van der Waals surface area contributed by atoms with Gasteiger partial charge in [-0.3, -0.25) is 0 Å². The van der Waals surface area contributed by atoms with Crippen molar-refractivity contribution in [1.82, 2.24) is 0 Å². The number of hydrogen-bond acceptors (Lipinski definition) is 2. The van der Waals surface area contributed by atoms with Crippen LogP contribution >= 0.6 is 31.9 Å². The molecule has 1 N–H and O–H groups in total. The Morgan fingerprint density at radius 2 is 2.00 bits per heavy atom. The third kappa shape index (κ3) is 1.87. The van der Waals surface area contributed by atoms with Gasteiger partial charge in [0, 0.05) is 10.5 Å². The van der Waals surface area contributed by atoms with Crippen LogP contribution in [0.25, 0.3) is 0 Å². The van der Waals surface area contributed by atoms with Gasteiger partial charge in [0.2, 0.25) is 0 Å². The highest BCUT2D eigenvalue weighted by Crippen LogP contribution is 2.35. The van der Waals surface area contributed by atoms with Crippen LogP contribution in [0.4, 0.5) is 0 Å². The fourth-order valence-corrected chi connectivity index (χ4v) is 1.33. The lowest BCUT2D eigenvalue weighted by Gasteiger charge is -2.03. The molecule has 0 aliphatic rings. The summed E-state index contributed by atoms with van der Waals surface area (Å²) in [7, 11) is 1.55. The molecular formula is C7H6Br2O2. The van der Waals surface area contributed by atoms with Crippen molar-refractivity contribution >= 4 is 31.9 Å². The maximum Gasteiger partial charge on any atom is 0.134 e. The van der Waals surface area contributed by atoms with Gasteiger partial charge in [0.25, 0.3) is 0 Å². The molecule has 0 spiro atoms. The second-order valence-corrected chi connectivity index (χ2v) is 3.59. The molecule has 0 heterocycles. The molecule has 0 aliphatic heterocycles. The first kappa shape index (κ1) is 8.87. The quantitative estimate of drug-likeness (QED) is 0.858. The molecule has 2 nitrogen and oxygen atoms in total. The van der Waals surface area contributed by atoms with E-state index in [0.717, 1.165) is 4.47 Å². The normalized spacial score (nSPS) is 9.73. The fraction of sp³-hybridized carbons (Fsp3) is 0.143. The second-order valence-electron chi connectivity index (χ2n) is 1.94. The lowest BCUT2D eigenvalue weighted by molar-refractivity contribution is 0.406. The summed E-state index contributed by atoms with van der Waals surface area (Å²) >= 11 is 6.44. The van der Waals surface area contributed by atoms with Crippen molar-refractivity contribution in [2.24, 2.45) is 0 Å². The zero-order valence-electron chi connectivity index (χ0n) is 5.77. The Balaban J connectivity index is 3.21. The van der Waals surface area contributed by atoms with E-state index in [4.69, 9.17) is 4.74 Å². The Kier molecular flexibility index (Phi) is 2.78. The van der Waals surface area contributed by atoms with Gasteiger partial charge in [0.15, 0.2) is 0 Å². The molecular weight excluding hydrogens is 276 g/mol. The van der Waals surface area contributed by atoms with Crippen LogP contribution in [0.2, 0.25) is 0 Å². The lowest BCUT2D eigenvalue weighted by Crippen LogP contribution is -1.82. The molecule has 1 rings (SSSR count). The summed E-state index contributed by atoms with van der Waals surface area (Å²) in [5.41, 5.74) is 0. The van der Waals surface area contributed by atoms with Crippen LogP contribution in [-0.4, -0.2) is 12.2 Å². The van der Waals surface area contributed by atoms with Crippen LogP contribution in [0.15, 0.2) is 21.1 Å². The molecule has 0 radical (unpaired) electrons. The van der Waals surface area contributed by atoms with E-state index in [1.807, 2.05) is 0 Å². The van der Waals surface area contributed by atoms with Crippen molar-refractivity contribution in [3.63, 3.8) is 0 Å². The standard InChI is InChI=1S/C7H6Br2O2/c1-11-4-2-5(8)7(9)6(10)3-4/h2-3,10H,1H3. The van der Waals surface area contributed by atoms with Gasteiger partial charge in [-0.05, 0) is 37.9 Å².